The summed E-state index contributed by atoms with van der Waals surface area (Å²) in [5.74, 6) is 1.56. The maximum atomic E-state index is 10.7. The second kappa shape index (κ2) is 10.9. The summed E-state index contributed by atoms with van der Waals surface area (Å²) in [5, 5.41) is 15.5. The van der Waals surface area contributed by atoms with Crippen LogP contribution < -0.4 is 9.47 Å². The molecule has 5 rings (SSSR count). The number of aromatic nitrogens is 2. The smallest absolute Gasteiger partial charge is 0.298 e. The highest BCUT2D eigenvalue weighted by molar-refractivity contribution is 6.38. The average Bonchev–Trinajstić information content (AvgIpc) is 3.51. The third-order valence-electron chi connectivity index (χ3n) is 6.84. The molecule has 4 aromatic rings. The lowest BCUT2D eigenvalue weighted by Crippen LogP contribution is -2.08. The molecule has 0 aliphatic heterocycles. The Morgan fingerprint density at radius 2 is 1.90 bits per heavy atom. The van der Waals surface area contributed by atoms with Crippen molar-refractivity contribution in [3.63, 3.8) is 0 Å². The first-order chi connectivity index (χ1) is 18.8. The van der Waals surface area contributed by atoms with Crippen molar-refractivity contribution in [3.8, 4) is 28.8 Å². The molecule has 1 saturated carbocycles. The van der Waals surface area contributed by atoms with Crippen LogP contribution in [0.3, 0.4) is 0 Å². The quantitative estimate of drug-likeness (QED) is 0.185. The van der Waals surface area contributed by atoms with Crippen LogP contribution in [-0.2, 0) is 16.8 Å². The lowest BCUT2D eigenvalue weighted by Gasteiger charge is -2.15. The van der Waals surface area contributed by atoms with E-state index in [1.54, 1.807) is 30.3 Å². The van der Waals surface area contributed by atoms with Gasteiger partial charge >= 0.3 is 0 Å². The molecular formula is C29H22Cl3N3O4. The van der Waals surface area contributed by atoms with Gasteiger partial charge in [0.25, 0.3) is 6.47 Å². The van der Waals surface area contributed by atoms with Crippen LogP contribution in [0.5, 0.6) is 11.5 Å². The predicted molar refractivity (Wildman–Crippen MR) is 147 cm³/mol. The Morgan fingerprint density at radius 1 is 1.13 bits per heavy atom. The van der Waals surface area contributed by atoms with E-state index in [1.807, 2.05) is 26.0 Å². The second-order valence-corrected chi connectivity index (χ2v) is 10.8. The van der Waals surface area contributed by atoms with Crippen LogP contribution in [0.1, 0.15) is 54.6 Å². The van der Waals surface area contributed by atoms with Gasteiger partial charge in [-0.05, 0) is 41.8 Å². The largest absolute Gasteiger partial charge is 0.489 e. The van der Waals surface area contributed by atoms with Gasteiger partial charge in [-0.25, -0.2) is 0 Å². The Labute approximate surface area is 240 Å². The first kappa shape index (κ1) is 27.0. The number of rotatable bonds is 9. The Kier molecular flexibility index (Phi) is 7.55. The van der Waals surface area contributed by atoms with Gasteiger partial charge in [-0.1, -0.05) is 72.0 Å². The SMILES string of the molecule is CC(C)c1onc(-c2c(Cl)cncc2Cl)c1COc1ccc(C2(C#N)CC2c2cccc(OC=O)c2)c(Cl)c1. The molecule has 2 heterocycles. The minimum atomic E-state index is -0.781. The molecule has 1 fully saturated rings. The van der Waals surface area contributed by atoms with Crippen LogP contribution in [-0.4, -0.2) is 16.6 Å². The fourth-order valence-electron chi connectivity index (χ4n) is 4.86. The number of carbonyl (C=O) groups is 1. The van der Waals surface area contributed by atoms with E-state index >= 15 is 0 Å². The van der Waals surface area contributed by atoms with Gasteiger partial charge in [-0.2, -0.15) is 5.26 Å². The maximum absolute atomic E-state index is 10.7. The molecular weight excluding hydrogens is 561 g/mol. The van der Waals surface area contributed by atoms with E-state index in [1.165, 1.54) is 12.4 Å². The Morgan fingerprint density at radius 3 is 2.56 bits per heavy atom. The summed E-state index contributed by atoms with van der Waals surface area (Å²) in [4.78, 5) is 14.7. The monoisotopic (exact) mass is 581 g/mol. The number of hydrogen-bond donors (Lipinski definition) is 0. The highest BCUT2D eigenvalue weighted by atomic mass is 35.5. The topological polar surface area (TPSA) is 98.2 Å². The summed E-state index contributed by atoms with van der Waals surface area (Å²) in [5.41, 5.74) is 2.57. The van der Waals surface area contributed by atoms with Gasteiger partial charge < -0.3 is 14.0 Å². The van der Waals surface area contributed by atoms with E-state index in [2.05, 4.69) is 16.2 Å². The normalized spacial score (nSPS) is 18.0. The molecule has 0 spiro atoms. The molecule has 7 nitrogen and oxygen atoms in total. The van der Waals surface area contributed by atoms with Gasteiger partial charge in [-0.3, -0.25) is 9.78 Å². The van der Waals surface area contributed by atoms with E-state index < -0.39 is 5.41 Å². The molecule has 198 valence electrons. The van der Waals surface area contributed by atoms with Gasteiger partial charge in [0, 0.05) is 34.8 Å². The molecule has 2 unspecified atom stereocenters. The lowest BCUT2D eigenvalue weighted by atomic mass is 9.92. The number of hydrogen-bond acceptors (Lipinski definition) is 7. The summed E-state index contributed by atoms with van der Waals surface area (Å²) < 4.78 is 16.7. The summed E-state index contributed by atoms with van der Waals surface area (Å²) in [6.07, 6.45) is 3.60. The van der Waals surface area contributed by atoms with Crippen molar-refractivity contribution < 1.29 is 18.8 Å². The molecule has 0 bridgehead atoms. The fourth-order valence-corrected chi connectivity index (χ4v) is 5.74. The van der Waals surface area contributed by atoms with Crippen LogP contribution in [0.4, 0.5) is 0 Å². The minimum Gasteiger partial charge on any atom is -0.489 e. The number of benzene rings is 2. The van der Waals surface area contributed by atoms with Crippen molar-refractivity contribution in [3.05, 3.63) is 92.4 Å². The summed E-state index contributed by atoms with van der Waals surface area (Å²) in [7, 11) is 0. The number of pyridine rings is 1. The third kappa shape index (κ3) is 5.08. The molecule has 39 heavy (non-hydrogen) atoms. The van der Waals surface area contributed by atoms with Gasteiger partial charge in [-0.15, -0.1) is 0 Å². The molecule has 0 amide bonds. The molecule has 2 atom stereocenters. The molecule has 10 heteroatoms. The Hall–Kier alpha value is -3.57. The number of carbonyl (C=O) groups excluding carboxylic acids is 1. The summed E-state index contributed by atoms with van der Waals surface area (Å²) in [6, 6.07) is 14.9. The second-order valence-electron chi connectivity index (χ2n) is 9.56. The first-order valence-electron chi connectivity index (χ1n) is 12.1. The molecule has 0 saturated heterocycles. The zero-order valence-electron chi connectivity index (χ0n) is 21.0. The van der Waals surface area contributed by atoms with E-state index in [4.69, 9.17) is 48.8 Å². The molecule has 2 aromatic carbocycles. The van der Waals surface area contributed by atoms with Crippen molar-refractivity contribution in [2.24, 2.45) is 0 Å². The minimum absolute atomic E-state index is 0.0351. The van der Waals surface area contributed by atoms with E-state index in [0.717, 1.165) is 11.1 Å². The fraction of sp³-hybridized carbons (Fsp3) is 0.241. The van der Waals surface area contributed by atoms with E-state index in [0.29, 0.717) is 62.0 Å². The van der Waals surface area contributed by atoms with Crippen molar-refractivity contribution in [2.75, 3.05) is 0 Å². The standard InChI is InChI=1S/C29H22Cl3N3O4/c1-16(2)28-20(27(35-39-28)26-24(31)11-34-12-25(26)32)13-37-19-6-7-21(23(30)9-19)29(14-33)10-22(29)17-4-3-5-18(8-17)38-15-36/h3-9,11-12,15-16,22H,10,13H2,1-2H3. The lowest BCUT2D eigenvalue weighted by molar-refractivity contribution is -0.120. The maximum Gasteiger partial charge on any atom is 0.298 e. The van der Waals surface area contributed by atoms with Gasteiger partial charge in [0.1, 0.15) is 29.6 Å². The molecule has 0 radical (unpaired) electrons. The Bertz CT molecular complexity index is 1580. The van der Waals surface area contributed by atoms with Crippen molar-refractivity contribution in [2.45, 2.75) is 44.1 Å². The first-order valence-corrected chi connectivity index (χ1v) is 13.2. The van der Waals surface area contributed by atoms with Crippen LogP contribution in [0.2, 0.25) is 15.1 Å². The molecule has 1 aliphatic carbocycles. The van der Waals surface area contributed by atoms with Crippen molar-refractivity contribution in [1.29, 1.82) is 5.26 Å². The molecule has 0 N–H and O–H groups in total. The van der Waals surface area contributed by atoms with Gasteiger partial charge in [0.05, 0.1) is 27.1 Å². The number of ether oxygens (including phenoxy) is 2. The Balaban J connectivity index is 1.40. The zero-order chi connectivity index (χ0) is 27.7. The number of nitrogens with zero attached hydrogens (tertiary/aromatic N) is 3. The highest BCUT2D eigenvalue weighted by Gasteiger charge is 2.57. The number of halogens is 3. The van der Waals surface area contributed by atoms with Crippen LogP contribution in [0.15, 0.2) is 59.4 Å². The highest BCUT2D eigenvalue weighted by Crippen LogP contribution is 2.61. The van der Waals surface area contributed by atoms with E-state index in [-0.39, 0.29) is 18.4 Å². The van der Waals surface area contributed by atoms with Gasteiger partial charge in [0.2, 0.25) is 0 Å². The molecule has 2 aromatic heterocycles. The van der Waals surface area contributed by atoms with Crippen LogP contribution in [0.25, 0.3) is 11.3 Å². The van der Waals surface area contributed by atoms with Crippen molar-refractivity contribution in [1.82, 2.24) is 10.1 Å². The van der Waals surface area contributed by atoms with Crippen LogP contribution >= 0.6 is 34.8 Å². The number of nitriles is 1. The summed E-state index contributed by atoms with van der Waals surface area (Å²) >= 11 is 19.5. The van der Waals surface area contributed by atoms with Gasteiger partial charge in [0.15, 0.2) is 0 Å². The predicted octanol–water partition coefficient (Wildman–Crippen LogP) is 7.88. The average molecular weight is 583 g/mol. The van der Waals surface area contributed by atoms with Crippen LogP contribution in [0, 0.1) is 11.3 Å². The summed E-state index contributed by atoms with van der Waals surface area (Å²) in [6.45, 7) is 4.49. The van der Waals surface area contributed by atoms with E-state index in [9.17, 15) is 10.1 Å². The third-order valence-corrected chi connectivity index (χ3v) is 7.73. The van der Waals surface area contributed by atoms with Crippen molar-refractivity contribution >= 4 is 41.3 Å². The zero-order valence-corrected chi connectivity index (χ0v) is 23.2. The molecule has 1 aliphatic rings.